The van der Waals surface area contributed by atoms with Gasteiger partial charge in [0.1, 0.15) is 6.10 Å². The van der Waals surface area contributed by atoms with E-state index in [1.54, 1.807) is 0 Å². The molecule has 0 bridgehead atoms. The summed E-state index contributed by atoms with van der Waals surface area (Å²) in [7, 11) is 0. The Balaban J connectivity index is 1.78. The summed E-state index contributed by atoms with van der Waals surface area (Å²) in [6.45, 7) is 8.51. The molecule has 0 aromatic rings. The highest BCUT2D eigenvalue weighted by atomic mass is 16.7. The van der Waals surface area contributed by atoms with Crippen molar-refractivity contribution in [3.8, 4) is 0 Å². The van der Waals surface area contributed by atoms with E-state index in [1.165, 1.54) is 0 Å². The standard InChI is InChI=1S/C15H16O4/c1-7-3-4-10-13(19-14(17)15(10)6-18-15)12-8(2)11(16)5-9(7)12/h9-10,12-13H,1-6H2/t9-,10+,12-,13-,15+/m0/s1. The lowest BCUT2D eigenvalue weighted by atomic mass is 9.80. The molecule has 19 heavy (non-hydrogen) atoms. The van der Waals surface area contributed by atoms with Gasteiger partial charge in [0.25, 0.3) is 0 Å². The highest BCUT2D eigenvalue weighted by Gasteiger charge is 2.69. The lowest BCUT2D eigenvalue weighted by molar-refractivity contribution is -0.146. The van der Waals surface area contributed by atoms with Crippen molar-refractivity contribution in [3.05, 3.63) is 24.3 Å². The number of esters is 1. The van der Waals surface area contributed by atoms with Crippen LogP contribution in [-0.4, -0.2) is 30.1 Å². The molecule has 0 unspecified atom stereocenters. The maximum Gasteiger partial charge on any atom is 0.341 e. The summed E-state index contributed by atoms with van der Waals surface area (Å²) in [5, 5.41) is 0. The van der Waals surface area contributed by atoms with Crippen molar-refractivity contribution in [2.45, 2.75) is 31.0 Å². The molecule has 2 heterocycles. The molecule has 2 aliphatic heterocycles. The number of ketones is 1. The van der Waals surface area contributed by atoms with Gasteiger partial charge in [0.15, 0.2) is 11.4 Å². The first kappa shape index (κ1) is 11.4. The molecule has 0 aromatic carbocycles. The number of Topliss-reactive ketones (excluding diaryl/α,β-unsaturated/α-hetero) is 1. The number of fused-ring (bicyclic) bond motifs is 4. The fourth-order valence-electron chi connectivity index (χ4n) is 4.09. The normalized spacial score (nSPS) is 48.0. The van der Waals surface area contributed by atoms with Gasteiger partial charge >= 0.3 is 5.97 Å². The molecule has 2 aliphatic carbocycles. The third-order valence-electron chi connectivity index (χ3n) is 5.29. The monoisotopic (exact) mass is 260 g/mol. The fraction of sp³-hybridized carbons (Fsp3) is 0.600. The Hall–Kier alpha value is -1.42. The lowest BCUT2D eigenvalue weighted by Crippen LogP contribution is -2.33. The molecule has 0 amide bonds. The van der Waals surface area contributed by atoms with Crippen LogP contribution < -0.4 is 0 Å². The van der Waals surface area contributed by atoms with Crippen LogP contribution in [0.1, 0.15) is 19.3 Å². The van der Waals surface area contributed by atoms with E-state index in [0.29, 0.717) is 18.6 Å². The van der Waals surface area contributed by atoms with E-state index in [1.807, 2.05) is 0 Å². The number of carbonyl (C=O) groups excluding carboxylic acids is 2. The van der Waals surface area contributed by atoms with Crippen molar-refractivity contribution < 1.29 is 19.1 Å². The van der Waals surface area contributed by atoms with Gasteiger partial charge < -0.3 is 9.47 Å². The topological polar surface area (TPSA) is 55.9 Å². The molecule has 100 valence electrons. The first-order valence-corrected chi connectivity index (χ1v) is 6.79. The summed E-state index contributed by atoms with van der Waals surface area (Å²) in [6, 6.07) is 0. The van der Waals surface area contributed by atoms with E-state index in [-0.39, 0.29) is 35.6 Å². The predicted molar refractivity (Wildman–Crippen MR) is 66.2 cm³/mol. The van der Waals surface area contributed by atoms with Crippen LogP contribution in [0, 0.1) is 17.8 Å². The minimum Gasteiger partial charge on any atom is -0.459 e. The number of hydrogen-bond acceptors (Lipinski definition) is 4. The molecule has 0 radical (unpaired) electrons. The highest BCUT2D eigenvalue weighted by Crippen LogP contribution is 2.56. The van der Waals surface area contributed by atoms with Gasteiger partial charge in [-0.25, -0.2) is 4.79 Å². The van der Waals surface area contributed by atoms with Gasteiger partial charge in [-0.2, -0.15) is 0 Å². The Kier molecular flexibility index (Phi) is 2.02. The molecular formula is C15H16O4. The van der Waals surface area contributed by atoms with Gasteiger partial charge in [-0.15, -0.1) is 0 Å². The van der Waals surface area contributed by atoms with Gasteiger partial charge in [0, 0.05) is 18.3 Å². The zero-order valence-corrected chi connectivity index (χ0v) is 10.7. The second-order valence-electron chi connectivity index (χ2n) is 6.14. The average Bonchev–Trinajstić information content (AvgIpc) is 3.07. The zero-order valence-electron chi connectivity index (χ0n) is 10.7. The van der Waals surface area contributed by atoms with Crippen LogP contribution >= 0.6 is 0 Å². The van der Waals surface area contributed by atoms with Crippen LogP contribution in [0.5, 0.6) is 0 Å². The molecule has 4 nitrogen and oxygen atoms in total. The Morgan fingerprint density at radius 3 is 2.68 bits per heavy atom. The summed E-state index contributed by atoms with van der Waals surface area (Å²) in [5.74, 6) is -0.0995. The summed E-state index contributed by atoms with van der Waals surface area (Å²) in [5.41, 5.74) is 0.984. The van der Waals surface area contributed by atoms with Gasteiger partial charge in [-0.05, 0) is 24.3 Å². The molecule has 4 rings (SSSR count). The Bertz CT molecular complexity index is 528. The summed E-state index contributed by atoms with van der Waals surface area (Å²) < 4.78 is 11.0. The van der Waals surface area contributed by atoms with Crippen molar-refractivity contribution in [1.29, 1.82) is 0 Å². The number of allylic oxidation sites excluding steroid dienone is 1. The summed E-state index contributed by atoms with van der Waals surface area (Å²) in [6.07, 6.45) is 1.91. The summed E-state index contributed by atoms with van der Waals surface area (Å²) >= 11 is 0. The quantitative estimate of drug-likeness (QED) is 0.286. The second-order valence-corrected chi connectivity index (χ2v) is 6.14. The van der Waals surface area contributed by atoms with Crippen LogP contribution in [-0.2, 0) is 19.1 Å². The number of epoxide rings is 1. The first-order chi connectivity index (χ1) is 9.04. The minimum absolute atomic E-state index is 0.0504. The Morgan fingerprint density at radius 2 is 2.00 bits per heavy atom. The smallest absolute Gasteiger partial charge is 0.341 e. The van der Waals surface area contributed by atoms with Gasteiger partial charge in [0.2, 0.25) is 0 Å². The van der Waals surface area contributed by atoms with Crippen molar-refractivity contribution >= 4 is 11.8 Å². The molecule has 0 N–H and O–H groups in total. The molecule has 0 aromatic heterocycles. The van der Waals surface area contributed by atoms with Crippen molar-refractivity contribution in [3.63, 3.8) is 0 Å². The second kappa shape index (κ2) is 3.37. The summed E-state index contributed by atoms with van der Waals surface area (Å²) in [4.78, 5) is 23.9. The molecule has 1 spiro atoms. The van der Waals surface area contributed by atoms with E-state index < -0.39 is 5.60 Å². The molecule has 4 fully saturated rings. The zero-order chi connectivity index (χ0) is 13.4. The minimum atomic E-state index is -0.717. The first-order valence-electron chi connectivity index (χ1n) is 6.79. The van der Waals surface area contributed by atoms with Crippen LogP contribution in [0.15, 0.2) is 24.3 Å². The van der Waals surface area contributed by atoms with Gasteiger partial charge in [-0.3, -0.25) is 4.79 Å². The van der Waals surface area contributed by atoms with Crippen LogP contribution in [0.4, 0.5) is 0 Å². The van der Waals surface area contributed by atoms with E-state index >= 15 is 0 Å². The third kappa shape index (κ3) is 1.27. The van der Waals surface area contributed by atoms with Crippen molar-refractivity contribution in [1.82, 2.24) is 0 Å². The molecular weight excluding hydrogens is 244 g/mol. The third-order valence-corrected chi connectivity index (χ3v) is 5.29. The number of hydrogen-bond donors (Lipinski definition) is 0. The van der Waals surface area contributed by atoms with E-state index in [2.05, 4.69) is 13.2 Å². The van der Waals surface area contributed by atoms with Gasteiger partial charge in [-0.1, -0.05) is 18.7 Å². The maximum absolute atomic E-state index is 12.0. The lowest BCUT2D eigenvalue weighted by Gasteiger charge is -2.25. The molecule has 2 saturated carbocycles. The molecule has 4 aliphatic rings. The van der Waals surface area contributed by atoms with Crippen LogP contribution in [0.25, 0.3) is 0 Å². The molecule has 4 heteroatoms. The fourth-order valence-corrected chi connectivity index (χ4v) is 4.09. The Labute approximate surface area is 111 Å². The Morgan fingerprint density at radius 1 is 1.26 bits per heavy atom. The number of rotatable bonds is 0. The maximum atomic E-state index is 12.0. The van der Waals surface area contributed by atoms with Crippen molar-refractivity contribution in [2.75, 3.05) is 6.61 Å². The van der Waals surface area contributed by atoms with Gasteiger partial charge in [0.05, 0.1) is 6.61 Å². The SMILES string of the molecule is C=C1C(=O)C[C@H]2C(=C)CC[C@@H]3[C@H](OC(=O)[C@@]34CO4)[C@@H]12. The van der Waals surface area contributed by atoms with E-state index in [0.717, 1.165) is 18.4 Å². The van der Waals surface area contributed by atoms with E-state index in [9.17, 15) is 9.59 Å². The van der Waals surface area contributed by atoms with Crippen molar-refractivity contribution in [2.24, 2.45) is 17.8 Å². The number of ether oxygens (including phenoxy) is 2. The predicted octanol–water partition coefficient (Wildman–Crippen LogP) is 1.41. The van der Waals surface area contributed by atoms with Crippen LogP contribution in [0.3, 0.4) is 0 Å². The van der Waals surface area contributed by atoms with E-state index in [4.69, 9.17) is 9.47 Å². The average molecular weight is 260 g/mol. The highest BCUT2D eigenvalue weighted by molar-refractivity contribution is 5.99. The molecule has 2 saturated heterocycles. The largest absolute Gasteiger partial charge is 0.459 e. The number of carbonyl (C=O) groups is 2. The molecule has 5 atom stereocenters. The van der Waals surface area contributed by atoms with Crippen LogP contribution in [0.2, 0.25) is 0 Å².